The summed E-state index contributed by atoms with van der Waals surface area (Å²) >= 11 is 0. The molecule has 0 unspecified atom stereocenters. The third kappa shape index (κ3) is 3.75. The molecule has 2 aromatic carbocycles. The number of benzene rings is 2. The summed E-state index contributed by atoms with van der Waals surface area (Å²) in [6.45, 7) is 12.2. The van der Waals surface area contributed by atoms with Crippen molar-refractivity contribution in [1.29, 1.82) is 0 Å². The van der Waals surface area contributed by atoms with E-state index < -0.39 is 0 Å². The maximum atomic E-state index is 12.9. The van der Waals surface area contributed by atoms with Crippen LogP contribution in [0.15, 0.2) is 49.6 Å². The summed E-state index contributed by atoms with van der Waals surface area (Å²) in [5.74, 6) is 0.330. The van der Waals surface area contributed by atoms with Gasteiger partial charge in [0.1, 0.15) is 17.9 Å². The minimum Gasteiger partial charge on any atom is -0.488 e. The van der Waals surface area contributed by atoms with Crippen LogP contribution >= 0.6 is 0 Å². The molecule has 28 heavy (non-hydrogen) atoms. The fourth-order valence-corrected chi connectivity index (χ4v) is 4.01. The van der Waals surface area contributed by atoms with Crippen molar-refractivity contribution in [3.63, 3.8) is 0 Å². The molecule has 0 saturated heterocycles. The van der Waals surface area contributed by atoms with Crippen LogP contribution < -0.4 is 4.74 Å². The summed E-state index contributed by atoms with van der Waals surface area (Å²) in [6, 6.07) is 8.52. The number of allylic oxidation sites excluding steroid dienone is 1. The van der Waals surface area contributed by atoms with Crippen LogP contribution in [-0.2, 0) is 24.0 Å². The molecular formula is C25H28O3. The molecular weight excluding hydrogens is 348 g/mol. The van der Waals surface area contributed by atoms with Gasteiger partial charge in [-0.25, -0.2) is 4.79 Å². The summed E-state index contributed by atoms with van der Waals surface area (Å²) in [4.78, 5) is 12.9. The van der Waals surface area contributed by atoms with E-state index in [2.05, 4.69) is 37.4 Å². The largest absolute Gasteiger partial charge is 0.488 e. The zero-order valence-corrected chi connectivity index (χ0v) is 16.8. The van der Waals surface area contributed by atoms with Gasteiger partial charge in [-0.05, 0) is 72.9 Å². The topological polar surface area (TPSA) is 35.5 Å². The third-order valence-corrected chi connectivity index (χ3v) is 5.33. The highest BCUT2D eigenvalue weighted by atomic mass is 16.5. The second-order valence-corrected chi connectivity index (χ2v) is 7.03. The molecule has 0 saturated carbocycles. The van der Waals surface area contributed by atoms with E-state index in [-0.39, 0.29) is 5.97 Å². The van der Waals surface area contributed by atoms with E-state index in [4.69, 9.17) is 9.47 Å². The molecule has 0 N–H and O–H groups in total. The number of carbonyl (C=O) groups excluding carboxylic acids is 1. The first-order valence-corrected chi connectivity index (χ1v) is 9.87. The molecule has 3 rings (SSSR count). The first-order chi connectivity index (χ1) is 13.6. The molecule has 0 bridgehead atoms. The number of ether oxygens (including phenoxy) is 2. The average Bonchev–Trinajstić information content (AvgIpc) is 2.70. The smallest absolute Gasteiger partial charge is 0.342 e. The number of rotatable bonds is 8. The standard InChI is InChI=1S/C25H28O3/c1-5-8-13-20-22-16-19-12-10-9-11-18(19)15-21(22)17(4)23(25(26)27-7-3)24(20)28-14-6-2/h5-6,9-12H,1-2,7-8,13-16H2,3-4H3. The zero-order valence-electron chi connectivity index (χ0n) is 16.8. The number of hydrogen-bond acceptors (Lipinski definition) is 3. The van der Waals surface area contributed by atoms with Gasteiger partial charge in [0.15, 0.2) is 0 Å². The van der Waals surface area contributed by atoms with E-state index in [0.29, 0.717) is 24.5 Å². The molecule has 0 aliphatic heterocycles. The monoisotopic (exact) mass is 376 g/mol. The van der Waals surface area contributed by atoms with E-state index in [1.54, 1.807) is 6.08 Å². The lowest BCUT2D eigenvalue weighted by atomic mass is 9.78. The minimum atomic E-state index is -0.319. The molecule has 0 atom stereocenters. The highest BCUT2D eigenvalue weighted by Gasteiger charge is 2.29. The van der Waals surface area contributed by atoms with Crippen molar-refractivity contribution in [2.45, 2.75) is 39.5 Å². The van der Waals surface area contributed by atoms with Crippen LogP contribution in [0.1, 0.15) is 57.1 Å². The number of fused-ring (bicyclic) bond motifs is 2. The maximum absolute atomic E-state index is 12.9. The van der Waals surface area contributed by atoms with Gasteiger partial charge in [0.2, 0.25) is 0 Å². The van der Waals surface area contributed by atoms with Crippen molar-refractivity contribution in [3.05, 3.63) is 88.5 Å². The molecule has 0 amide bonds. The van der Waals surface area contributed by atoms with Crippen LogP contribution in [0.4, 0.5) is 0 Å². The van der Waals surface area contributed by atoms with Crippen molar-refractivity contribution in [2.75, 3.05) is 13.2 Å². The predicted molar refractivity (Wildman–Crippen MR) is 113 cm³/mol. The van der Waals surface area contributed by atoms with E-state index in [9.17, 15) is 4.79 Å². The van der Waals surface area contributed by atoms with Crippen LogP contribution in [-0.4, -0.2) is 19.2 Å². The third-order valence-electron chi connectivity index (χ3n) is 5.33. The quantitative estimate of drug-likeness (QED) is 0.393. The molecule has 0 spiro atoms. The Bertz CT molecular complexity index is 908. The van der Waals surface area contributed by atoms with Crippen LogP contribution in [0.3, 0.4) is 0 Å². The van der Waals surface area contributed by atoms with Gasteiger partial charge in [-0.2, -0.15) is 0 Å². The van der Waals surface area contributed by atoms with Gasteiger partial charge in [0, 0.05) is 0 Å². The van der Waals surface area contributed by atoms with E-state index in [1.807, 2.05) is 19.9 Å². The Kier molecular flexibility index (Phi) is 6.35. The van der Waals surface area contributed by atoms with Crippen molar-refractivity contribution in [1.82, 2.24) is 0 Å². The molecule has 3 nitrogen and oxygen atoms in total. The van der Waals surface area contributed by atoms with Gasteiger partial charge in [0.05, 0.1) is 6.61 Å². The molecule has 3 heteroatoms. The van der Waals surface area contributed by atoms with Crippen molar-refractivity contribution in [2.24, 2.45) is 0 Å². The normalized spacial score (nSPS) is 11.9. The van der Waals surface area contributed by atoms with Crippen LogP contribution in [0.5, 0.6) is 5.75 Å². The van der Waals surface area contributed by atoms with Gasteiger partial charge >= 0.3 is 5.97 Å². The Morgan fingerprint density at radius 1 is 1.11 bits per heavy atom. The summed E-state index contributed by atoms with van der Waals surface area (Å²) < 4.78 is 11.4. The summed E-state index contributed by atoms with van der Waals surface area (Å²) in [5, 5.41) is 0. The lowest BCUT2D eigenvalue weighted by Gasteiger charge is -2.28. The van der Waals surface area contributed by atoms with Gasteiger partial charge in [-0.3, -0.25) is 0 Å². The van der Waals surface area contributed by atoms with Gasteiger partial charge in [-0.15, -0.1) is 6.58 Å². The van der Waals surface area contributed by atoms with E-state index in [1.165, 1.54) is 22.3 Å². The van der Waals surface area contributed by atoms with E-state index >= 15 is 0 Å². The Hall–Kier alpha value is -2.81. The predicted octanol–water partition coefficient (Wildman–Crippen LogP) is 5.35. The zero-order chi connectivity index (χ0) is 20.1. The van der Waals surface area contributed by atoms with Crippen LogP contribution in [0, 0.1) is 6.92 Å². The Labute approximate surface area is 167 Å². The Balaban J connectivity index is 2.24. The highest BCUT2D eigenvalue weighted by Crippen LogP contribution is 2.40. The number of hydrogen-bond donors (Lipinski definition) is 0. The minimum absolute atomic E-state index is 0.319. The van der Waals surface area contributed by atoms with Gasteiger partial charge in [0.25, 0.3) is 0 Å². The molecule has 0 heterocycles. The SMILES string of the molecule is C=CCCc1c2c(c(C)c(C(=O)OCC)c1OCC=C)Cc1ccccc1C2. The summed E-state index contributed by atoms with van der Waals surface area (Å²) in [5.41, 5.74) is 7.79. The average molecular weight is 376 g/mol. The fourth-order valence-electron chi connectivity index (χ4n) is 4.01. The van der Waals surface area contributed by atoms with Crippen LogP contribution in [0.25, 0.3) is 0 Å². The molecule has 2 aromatic rings. The second kappa shape index (κ2) is 8.92. The van der Waals surface area contributed by atoms with Gasteiger partial charge in [-0.1, -0.05) is 43.0 Å². The summed E-state index contributed by atoms with van der Waals surface area (Å²) in [7, 11) is 0. The molecule has 1 aliphatic carbocycles. The van der Waals surface area contributed by atoms with Crippen molar-refractivity contribution >= 4 is 5.97 Å². The second-order valence-electron chi connectivity index (χ2n) is 7.03. The maximum Gasteiger partial charge on any atom is 0.342 e. The lowest BCUT2D eigenvalue weighted by Crippen LogP contribution is -2.19. The molecule has 146 valence electrons. The Morgan fingerprint density at radius 3 is 2.39 bits per heavy atom. The fraction of sp³-hybridized carbons (Fsp3) is 0.320. The number of esters is 1. The Morgan fingerprint density at radius 2 is 1.79 bits per heavy atom. The number of carbonyl (C=O) groups is 1. The van der Waals surface area contributed by atoms with Crippen LogP contribution in [0.2, 0.25) is 0 Å². The van der Waals surface area contributed by atoms with Crippen molar-refractivity contribution < 1.29 is 14.3 Å². The summed E-state index contributed by atoms with van der Waals surface area (Å²) in [6.07, 6.45) is 6.90. The first kappa shape index (κ1) is 19.9. The van der Waals surface area contributed by atoms with Crippen molar-refractivity contribution in [3.8, 4) is 5.75 Å². The highest BCUT2D eigenvalue weighted by molar-refractivity contribution is 5.96. The first-order valence-electron chi connectivity index (χ1n) is 9.87. The lowest BCUT2D eigenvalue weighted by molar-refractivity contribution is 0.0521. The molecule has 0 aromatic heterocycles. The van der Waals surface area contributed by atoms with E-state index in [0.717, 1.165) is 36.8 Å². The van der Waals surface area contributed by atoms with Gasteiger partial charge < -0.3 is 9.47 Å². The molecule has 0 radical (unpaired) electrons. The molecule has 1 aliphatic rings. The molecule has 0 fully saturated rings.